The first kappa shape index (κ1) is 15.5. The molecule has 1 N–H and O–H groups in total. The molecule has 1 unspecified atom stereocenters. The van der Waals surface area contributed by atoms with Crippen molar-refractivity contribution in [2.24, 2.45) is 0 Å². The number of nitro benzene ring substituents is 1. The van der Waals surface area contributed by atoms with Crippen LogP contribution < -0.4 is 5.32 Å². The Morgan fingerprint density at radius 3 is 2.57 bits per heavy atom. The van der Waals surface area contributed by atoms with Crippen molar-refractivity contribution in [3.05, 3.63) is 67.9 Å². The fourth-order valence-electron chi connectivity index (χ4n) is 2.00. The summed E-state index contributed by atoms with van der Waals surface area (Å²) in [6.07, 6.45) is 0. The normalized spacial score (nSPS) is 12.0. The average Bonchev–Trinajstić information content (AvgIpc) is 2.43. The van der Waals surface area contributed by atoms with Crippen LogP contribution in [0.3, 0.4) is 0 Å². The fourth-order valence-corrected chi connectivity index (χ4v) is 2.70. The van der Waals surface area contributed by atoms with Crippen LogP contribution in [-0.4, -0.2) is 4.92 Å². The molecule has 0 bridgehead atoms. The maximum atomic E-state index is 13.5. The highest BCUT2D eigenvalue weighted by molar-refractivity contribution is 6.36. The van der Waals surface area contributed by atoms with Gasteiger partial charge in [-0.05, 0) is 25.1 Å². The molecule has 7 heteroatoms. The van der Waals surface area contributed by atoms with Crippen LogP contribution in [0.5, 0.6) is 0 Å². The van der Waals surface area contributed by atoms with Crippen molar-refractivity contribution < 1.29 is 9.31 Å². The molecule has 0 saturated heterocycles. The number of nitrogens with zero attached hydrogens (tertiary/aromatic N) is 1. The zero-order valence-electron chi connectivity index (χ0n) is 10.9. The van der Waals surface area contributed by atoms with Crippen LogP contribution in [0.1, 0.15) is 18.5 Å². The minimum Gasteiger partial charge on any atom is -0.373 e. The highest BCUT2D eigenvalue weighted by Gasteiger charge is 2.20. The second-order valence-corrected chi connectivity index (χ2v) is 5.18. The van der Waals surface area contributed by atoms with Gasteiger partial charge in [-0.1, -0.05) is 35.3 Å². The third-order valence-electron chi connectivity index (χ3n) is 2.99. The van der Waals surface area contributed by atoms with Crippen molar-refractivity contribution >= 4 is 34.6 Å². The topological polar surface area (TPSA) is 55.2 Å². The lowest BCUT2D eigenvalue weighted by Crippen LogP contribution is -2.10. The molecule has 0 amide bonds. The monoisotopic (exact) mass is 328 g/mol. The van der Waals surface area contributed by atoms with E-state index in [9.17, 15) is 14.5 Å². The number of hydrogen-bond donors (Lipinski definition) is 1. The Bertz CT molecular complexity index is 695. The molecule has 21 heavy (non-hydrogen) atoms. The molecule has 0 radical (unpaired) electrons. The zero-order valence-corrected chi connectivity index (χ0v) is 12.5. The van der Waals surface area contributed by atoms with Crippen LogP contribution in [0.25, 0.3) is 0 Å². The largest absolute Gasteiger partial charge is 0.373 e. The lowest BCUT2D eigenvalue weighted by atomic mass is 10.1. The van der Waals surface area contributed by atoms with Crippen LogP contribution in [0.4, 0.5) is 15.8 Å². The molecular weight excluding hydrogens is 318 g/mol. The minimum absolute atomic E-state index is 0.0759. The van der Waals surface area contributed by atoms with Crippen molar-refractivity contribution in [2.45, 2.75) is 13.0 Å². The molecule has 1 atom stereocenters. The molecule has 0 aliphatic heterocycles. The molecule has 0 aliphatic carbocycles. The maximum absolute atomic E-state index is 13.5. The Morgan fingerprint density at radius 2 is 1.90 bits per heavy atom. The zero-order chi connectivity index (χ0) is 15.6. The minimum atomic E-state index is -0.590. The Kier molecular flexibility index (Phi) is 4.65. The number of halogens is 3. The van der Waals surface area contributed by atoms with Crippen LogP contribution in [0.2, 0.25) is 10.0 Å². The lowest BCUT2D eigenvalue weighted by molar-refractivity contribution is -0.384. The summed E-state index contributed by atoms with van der Waals surface area (Å²) in [4.78, 5) is 10.5. The number of rotatable bonds is 4. The van der Waals surface area contributed by atoms with Gasteiger partial charge in [0, 0.05) is 16.7 Å². The standard InChI is InChI=1S/C14H11Cl2FN2O2/c1-8(13-9(15)6-7-10(17)14(13)16)18-11-4-2-3-5-12(11)19(20)21/h2-8,18H,1H3. The lowest BCUT2D eigenvalue weighted by Gasteiger charge is -2.18. The predicted octanol–water partition coefficient (Wildman–Crippen LogP) is 5.21. The molecule has 110 valence electrons. The van der Waals surface area contributed by atoms with Gasteiger partial charge >= 0.3 is 0 Å². The predicted molar refractivity (Wildman–Crippen MR) is 81.6 cm³/mol. The van der Waals surface area contributed by atoms with Crippen LogP contribution in [0, 0.1) is 15.9 Å². The summed E-state index contributed by atoms with van der Waals surface area (Å²) in [5.41, 5.74) is 0.593. The van der Waals surface area contributed by atoms with Gasteiger partial charge < -0.3 is 5.32 Å². The van der Waals surface area contributed by atoms with Crippen molar-refractivity contribution in [1.29, 1.82) is 0 Å². The summed E-state index contributed by atoms with van der Waals surface area (Å²) < 4.78 is 13.5. The molecule has 2 rings (SSSR count). The molecule has 0 aliphatic rings. The summed E-state index contributed by atoms with van der Waals surface area (Å²) in [6.45, 7) is 1.70. The Balaban J connectivity index is 2.38. The van der Waals surface area contributed by atoms with E-state index < -0.39 is 16.8 Å². The fraction of sp³-hybridized carbons (Fsp3) is 0.143. The molecule has 0 saturated carbocycles. The maximum Gasteiger partial charge on any atom is 0.292 e. The smallest absolute Gasteiger partial charge is 0.292 e. The van der Waals surface area contributed by atoms with E-state index in [1.807, 2.05) is 0 Å². The van der Waals surface area contributed by atoms with Gasteiger partial charge in [0.1, 0.15) is 11.5 Å². The third kappa shape index (κ3) is 3.25. The SMILES string of the molecule is CC(Nc1ccccc1[N+](=O)[O-])c1c(Cl)ccc(F)c1Cl. The quantitative estimate of drug-likeness (QED) is 0.476. The Hall–Kier alpha value is -1.85. The van der Waals surface area contributed by atoms with Crippen molar-refractivity contribution in [3.63, 3.8) is 0 Å². The molecule has 0 spiro atoms. The number of nitro groups is 1. The first-order valence-corrected chi connectivity index (χ1v) is 6.80. The van der Waals surface area contributed by atoms with Gasteiger partial charge in [0.05, 0.1) is 16.0 Å². The van der Waals surface area contributed by atoms with Crippen LogP contribution >= 0.6 is 23.2 Å². The van der Waals surface area contributed by atoms with Gasteiger partial charge in [-0.25, -0.2) is 4.39 Å². The third-order valence-corrected chi connectivity index (χ3v) is 3.70. The van der Waals surface area contributed by atoms with E-state index >= 15 is 0 Å². The van der Waals surface area contributed by atoms with E-state index in [1.54, 1.807) is 25.1 Å². The van der Waals surface area contributed by atoms with E-state index in [4.69, 9.17) is 23.2 Å². The molecule has 2 aromatic carbocycles. The molecule has 0 heterocycles. The first-order chi connectivity index (χ1) is 9.91. The number of nitrogens with one attached hydrogen (secondary N) is 1. The van der Waals surface area contributed by atoms with E-state index in [1.165, 1.54) is 18.2 Å². The van der Waals surface area contributed by atoms with Gasteiger partial charge in [0.25, 0.3) is 5.69 Å². The van der Waals surface area contributed by atoms with Crippen LogP contribution in [-0.2, 0) is 0 Å². The van der Waals surface area contributed by atoms with Crippen LogP contribution in [0.15, 0.2) is 36.4 Å². The molecule has 2 aromatic rings. The molecule has 4 nitrogen and oxygen atoms in total. The Labute approximate surface area is 130 Å². The summed E-state index contributed by atoms with van der Waals surface area (Å²) in [6, 6.07) is 8.25. The Morgan fingerprint density at radius 1 is 1.24 bits per heavy atom. The summed E-state index contributed by atoms with van der Waals surface area (Å²) in [5.74, 6) is -0.590. The molecule has 0 fully saturated rings. The number of benzene rings is 2. The number of para-hydroxylation sites is 2. The molecule has 0 aromatic heterocycles. The van der Waals surface area contributed by atoms with E-state index in [0.29, 0.717) is 16.3 Å². The highest BCUT2D eigenvalue weighted by Crippen LogP contribution is 2.35. The second kappa shape index (κ2) is 6.28. The van der Waals surface area contributed by atoms with Crippen molar-refractivity contribution in [3.8, 4) is 0 Å². The number of anilines is 1. The highest BCUT2D eigenvalue weighted by atomic mass is 35.5. The van der Waals surface area contributed by atoms with Gasteiger partial charge in [-0.15, -0.1) is 0 Å². The summed E-state index contributed by atoms with van der Waals surface area (Å²) >= 11 is 12.0. The number of hydrogen-bond acceptors (Lipinski definition) is 3. The summed E-state index contributed by atoms with van der Waals surface area (Å²) in [5, 5.41) is 14.1. The van der Waals surface area contributed by atoms with Gasteiger partial charge in [-0.2, -0.15) is 0 Å². The van der Waals surface area contributed by atoms with Gasteiger partial charge in [-0.3, -0.25) is 10.1 Å². The first-order valence-electron chi connectivity index (χ1n) is 6.05. The molecular formula is C14H11Cl2FN2O2. The van der Waals surface area contributed by atoms with Gasteiger partial charge in [0.2, 0.25) is 0 Å². The van der Waals surface area contributed by atoms with Gasteiger partial charge in [0.15, 0.2) is 0 Å². The van der Waals surface area contributed by atoms with E-state index in [2.05, 4.69) is 5.32 Å². The van der Waals surface area contributed by atoms with Crippen molar-refractivity contribution in [1.82, 2.24) is 0 Å². The van der Waals surface area contributed by atoms with E-state index in [-0.39, 0.29) is 10.7 Å². The van der Waals surface area contributed by atoms with E-state index in [0.717, 1.165) is 0 Å². The van der Waals surface area contributed by atoms with Crippen molar-refractivity contribution in [2.75, 3.05) is 5.32 Å². The summed E-state index contributed by atoms with van der Waals surface area (Å²) in [7, 11) is 0. The average molecular weight is 329 g/mol. The second-order valence-electron chi connectivity index (χ2n) is 4.40.